The van der Waals surface area contributed by atoms with Crippen LogP contribution in [0.5, 0.6) is 0 Å². The van der Waals surface area contributed by atoms with E-state index in [0.717, 1.165) is 16.8 Å². The van der Waals surface area contributed by atoms with Crippen LogP contribution in [-0.4, -0.2) is 33.6 Å². The Morgan fingerprint density at radius 1 is 1.28 bits per heavy atom. The first kappa shape index (κ1) is 20.6. The van der Waals surface area contributed by atoms with Gasteiger partial charge < -0.3 is 45.7 Å². The summed E-state index contributed by atoms with van der Waals surface area (Å²) in [6, 6.07) is 17.1. The number of nitrogens with zero attached hydrogens (tertiary/aromatic N) is 1. The predicted molar refractivity (Wildman–Crippen MR) is 94.8 cm³/mol. The van der Waals surface area contributed by atoms with Crippen LogP contribution in [0.15, 0.2) is 73.7 Å². The van der Waals surface area contributed by atoms with E-state index in [4.69, 9.17) is 0 Å². The maximum absolute atomic E-state index is 11.2. The quantitative estimate of drug-likeness (QED) is 0.436. The molecule has 0 radical (unpaired) electrons. The molecule has 2 aromatic carbocycles. The molecule has 3 aromatic rings. The van der Waals surface area contributed by atoms with Crippen LogP contribution in [0.4, 0.5) is 0 Å². The second-order valence-electron chi connectivity index (χ2n) is 5.29. The van der Waals surface area contributed by atoms with E-state index in [2.05, 4.69) is 21.9 Å². The summed E-state index contributed by atoms with van der Waals surface area (Å²) in [7, 11) is 0. The Morgan fingerprint density at radius 3 is 2.36 bits per heavy atom. The molecule has 3 N–H and O–H groups in total. The average molecular weight is 379 g/mol. The van der Waals surface area contributed by atoms with Gasteiger partial charge in [0.2, 0.25) is 0 Å². The number of nitrogens with one attached hydrogen (secondary N) is 2. The van der Waals surface area contributed by atoms with Crippen molar-refractivity contribution >= 4 is 11.5 Å². The number of H-pyrrole nitrogens is 1. The molecule has 1 aromatic heterocycles. The fourth-order valence-electron chi connectivity index (χ4n) is 2.14. The number of hydrogen-bond donors (Lipinski definition) is 3. The topological polar surface area (TPSA) is 78.0 Å². The van der Waals surface area contributed by atoms with Crippen LogP contribution < -0.4 is 5.32 Å². The van der Waals surface area contributed by atoms with E-state index in [0.29, 0.717) is 13.0 Å². The zero-order chi connectivity index (χ0) is 17.2. The van der Waals surface area contributed by atoms with Crippen LogP contribution in [0.1, 0.15) is 11.3 Å². The van der Waals surface area contributed by atoms with Crippen LogP contribution in [0.2, 0.25) is 0 Å². The van der Waals surface area contributed by atoms with Crippen molar-refractivity contribution in [1.29, 1.82) is 0 Å². The fraction of sp³-hybridized carbons (Fsp3) is 0.158. The van der Waals surface area contributed by atoms with Gasteiger partial charge in [-0.3, -0.25) is 4.79 Å². The molecule has 0 fully saturated rings. The molecule has 3 rings (SSSR count). The van der Waals surface area contributed by atoms with Crippen molar-refractivity contribution in [1.82, 2.24) is 15.3 Å². The summed E-state index contributed by atoms with van der Waals surface area (Å²) in [5.74, 6) is -0.884. The van der Waals surface area contributed by atoms with Crippen LogP contribution in [0.3, 0.4) is 0 Å². The van der Waals surface area contributed by atoms with Crippen molar-refractivity contribution in [2.24, 2.45) is 0 Å². The van der Waals surface area contributed by atoms with Gasteiger partial charge in [0.15, 0.2) is 0 Å². The molecule has 0 aliphatic carbocycles. The van der Waals surface area contributed by atoms with Gasteiger partial charge in [-0.25, -0.2) is 4.98 Å². The third kappa shape index (κ3) is 7.35. The molecular weight excluding hydrogens is 358 g/mol. The van der Waals surface area contributed by atoms with Crippen molar-refractivity contribution in [3.63, 3.8) is 0 Å². The van der Waals surface area contributed by atoms with Gasteiger partial charge in [-0.05, 0) is 0 Å². The zero-order valence-electron chi connectivity index (χ0n) is 13.7. The third-order valence-corrected chi connectivity index (χ3v) is 3.47. The van der Waals surface area contributed by atoms with Gasteiger partial charge in [0.05, 0.1) is 6.33 Å². The molecule has 0 aliphatic rings. The molecule has 0 spiro atoms. The molecule has 1 atom stereocenters. The largest absolute Gasteiger partial charge is 0.748 e. The number of carbonyl (C=O) groups is 1. The van der Waals surface area contributed by atoms with E-state index in [1.165, 1.54) is 6.33 Å². The van der Waals surface area contributed by atoms with Crippen LogP contribution in [0, 0.1) is 0 Å². The Morgan fingerprint density at radius 2 is 1.88 bits per heavy atom. The van der Waals surface area contributed by atoms with E-state index < -0.39 is 12.0 Å². The number of hydrogen-bond acceptors (Lipinski definition) is 3. The molecule has 0 bridgehead atoms. The number of carboxylic acids is 1. The van der Waals surface area contributed by atoms with Crippen molar-refractivity contribution in [3.8, 4) is 0 Å². The Balaban J connectivity index is 0.000000448. The van der Waals surface area contributed by atoms with E-state index in [-0.39, 0.29) is 17.1 Å². The first-order valence-corrected chi connectivity index (χ1v) is 7.67. The monoisotopic (exact) mass is 379 g/mol. The minimum absolute atomic E-state index is 0. The van der Waals surface area contributed by atoms with E-state index in [9.17, 15) is 9.90 Å². The fourth-order valence-corrected chi connectivity index (χ4v) is 2.14. The number of aliphatic carboxylic acids is 1. The summed E-state index contributed by atoms with van der Waals surface area (Å²) in [4.78, 5) is 18.0. The maximum Gasteiger partial charge on any atom is 0.321 e. The molecule has 25 heavy (non-hydrogen) atoms. The van der Waals surface area contributed by atoms with Crippen molar-refractivity contribution in [2.45, 2.75) is 12.5 Å². The number of rotatable bonds is 7. The standard InChI is InChI=1S/C14H16N3O2.C5H5.Fe/c1-10(11-4-2-3-5-11)7-16-13(14(18)19)6-12-8-15-9-17-12;1-2-4-5-3-1;/h2-5,8-9,13,16H,1,6-7H2,(H,15,17)(H,18,19);1-5H;/q-1;-5;. The maximum atomic E-state index is 11.2. The summed E-state index contributed by atoms with van der Waals surface area (Å²) in [5, 5.41) is 12.2. The minimum atomic E-state index is -0.884. The third-order valence-electron chi connectivity index (χ3n) is 3.47. The molecule has 0 aliphatic heterocycles. The Hall–Kier alpha value is -2.40. The number of aromatic nitrogens is 2. The molecule has 0 saturated heterocycles. The van der Waals surface area contributed by atoms with Gasteiger partial charge in [0.1, 0.15) is 6.04 Å². The van der Waals surface area contributed by atoms with Crippen LogP contribution in [0.25, 0.3) is 5.57 Å². The predicted octanol–water partition coefficient (Wildman–Crippen LogP) is 2.83. The van der Waals surface area contributed by atoms with Gasteiger partial charge in [0, 0.05) is 41.9 Å². The molecule has 5 nitrogen and oxygen atoms in total. The number of aromatic amines is 1. The smallest absolute Gasteiger partial charge is 0.321 e. The first-order valence-electron chi connectivity index (χ1n) is 7.67. The molecule has 1 heterocycles. The zero-order valence-corrected chi connectivity index (χ0v) is 14.8. The molecule has 1 unspecified atom stereocenters. The molecular formula is C19H21FeN3O2-6. The van der Waals surface area contributed by atoms with Crippen LogP contribution >= 0.6 is 0 Å². The van der Waals surface area contributed by atoms with Gasteiger partial charge in [-0.2, -0.15) is 18.7 Å². The van der Waals surface area contributed by atoms with Gasteiger partial charge >= 0.3 is 5.97 Å². The molecule has 138 valence electrons. The number of carboxylic acid groups (broad SMARTS) is 1. The Labute approximate surface area is 158 Å². The average Bonchev–Trinajstić information content (AvgIpc) is 3.36. The van der Waals surface area contributed by atoms with Crippen molar-refractivity contribution in [2.75, 3.05) is 6.54 Å². The summed E-state index contributed by atoms with van der Waals surface area (Å²) >= 11 is 0. The Kier molecular flexibility index (Phi) is 9.25. The second-order valence-corrected chi connectivity index (χ2v) is 5.29. The van der Waals surface area contributed by atoms with E-state index >= 15 is 0 Å². The Bertz CT molecular complexity index is 687. The summed E-state index contributed by atoms with van der Waals surface area (Å²) in [6.07, 6.45) is 3.53. The van der Waals surface area contributed by atoms with Gasteiger partial charge in [-0.15, -0.1) is 23.3 Å². The molecule has 6 heteroatoms. The molecule has 0 amide bonds. The van der Waals surface area contributed by atoms with Gasteiger partial charge in [-0.1, -0.05) is 0 Å². The minimum Gasteiger partial charge on any atom is -0.748 e. The second kappa shape index (κ2) is 11.2. The number of imidazole rings is 1. The van der Waals surface area contributed by atoms with E-state index in [1.807, 2.05) is 54.6 Å². The first-order chi connectivity index (χ1) is 11.7. The SMILES string of the molecule is C=C(CNC(Cc1cnc[nH]1)C(=O)O)[c-]1cccc1.[Fe].[cH-]1[cH-][cH-][cH-][cH-]1. The van der Waals surface area contributed by atoms with Crippen molar-refractivity contribution < 1.29 is 27.0 Å². The summed E-state index contributed by atoms with van der Waals surface area (Å²) in [6.45, 7) is 4.39. The van der Waals surface area contributed by atoms with Gasteiger partial charge in [0.25, 0.3) is 0 Å². The van der Waals surface area contributed by atoms with E-state index in [1.54, 1.807) is 6.20 Å². The summed E-state index contributed by atoms with van der Waals surface area (Å²) < 4.78 is 0. The summed E-state index contributed by atoms with van der Waals surface area (Å²) in [5.41, 5.74) is 2.69. The normalized spacial score (nSPS) is 10.9. The van der Waals surface area contributed by atoms with Crippen LogP contribution in [-0.2, 0) is 28.3 Å². The molecule has 0 saturated carbocycles. The van der Waals surface area contributed by atoms with Crippen molar-refractivity contribution in [3.05, 3.63) is 85.0 Å².